The van der Waals surface area contributed by atoms with Crippen molar-refractivity contribution in [3.8, 4) is 6.01 Å². The normalized spacial score (nSPS) is 21.4. The first-order valence-electron chi connectivity index (χ1n) is 13.9. The Hall–Kier alpha value is -3.64. The van der Waals surface area contributed by atoms with Crippen LogP contribution in [-0.4, -0.2) is 90.7 Å². The quantitative estimate of drug-likeness (QED) is 0.403. The summed E-state index contributed by atoms with van der Waals surface area (Å²) in [6.45, 7) is 20.6. The third kappa shape index (κ3) is 5.57. The number of amides is 1. The first-order chi connectivity index (χ1) is 18.9. The number of rotatable bonds is 7. The van der Waals surface area contributed by atoms with E-state index in [9.17, 15) is 4.79 Å². The molecule has 2 aromatic rings. The predicted molar refractivity (Wildman–Crippen MR) is 153 cm³/mol. The molecule has 2 saturated heterocycles. The van der Waals surface area contributed by atoms with Crippen molar-refractivity contribution in [1.82, 2.24) is 19.8 Å². The number of carbonyl (C=O) groups is 1. The van der Waals surface area contributed by atoms with Crippen molar-refractivity contribution in [2.24, 2.45) is 0 Å². The van der Waals surface area contributed by atoms with Gasteiger partial charge in [-0.3, -0.25) is 4.79 Å². The average molecular weight is 530 g/mol. The average Bonchev–Trinajstić information content (AvgIpc) is 3.36. The van der Waals surface area contributed by atoms with Crippen molar-refractivity contribution >= 4 is 17.4 Å². The first kappa shape index (κ1) is 26.9. The minimum atomic E-state index is -0.209. The molecule has 9 nitrogen and oxygen atoms in total. The summed E-state index contributed by atoms with van der Waals surface area (Å²) in [5, 5.41) is 0. The van der Waals surface area contributed by atoms with Crippen LogP contribution in [0.15, 0.2) is 30.9 Å². The van der Waals surface area contributed by atoms with Crippen molar-refractivity contribution in [2.45, 2.75) is 51.7 Å². The fourth-order valence-corrected chi connectivity index (χ4v) is 6.08. The highest BCUT2D eigenvalue weighted by Gasteiger charge is 2.35. The highest BCUT2D eigenvalue weighted by atomic mass is 16.5. The maximum absolute atomic E-state index is 12.5. The molecule has 1 amide bonds. The van der Waals surface area contributed by atoms with Crippen LogP contribution >= 0.6 is 0 Å². The van der Waals surface area contributed by atoms with Crippen LogP contribution in [0.4, 0.5) is 11.5 Å². The van der Waals surface area contributed by atoms with Gasteiger partial charge >= 0.3 is 6.01 Å². The highest BCUT2D eigenvalue weighted by molar-refractivity contribution is 5.87. The molecular weight excluding hydrogens is 490 g/mol. The summed E-state index contributed by atoms with van der Waals surface area (Å²) < 4.78 is 6.26. The van der Waals surface area contributed by atoms with Crippen molar-refractivity contribution in [2.75, 3.05) is 62.7 Å². The van der Waals surface area contributed by atoms with E-state index in [4.69, 9.17) is 21.3 Å². The first-order valence-corrected chi connectivity index (χ1v) is 13.9. The van der Waals surface area contributed by atoms with Gasteiger partial charge in [0.25, 0.3) is 0 Å². The van der Waals surface area contributed by atoms with Crippen LogP contribution in [0, 0.1) is 20.4 Å². The second-order valence-corrected chi connectivity index (χ2v) is 10.9. The largest absolute Gasteiger partial charge is 0.462 e. The van der Waals surface area contributed by atoms with Gasteiger partial charge in [-0.15, -0.1) is 0 Å². The number of fused-ring (bicyclic) bond motifs is 1. The van der Waals surface area contributed by atoms with Gasteiger partial charge in [0, 0.05) is 43.5 Å². The number of hydrogen-bond acceptors (Lipinski definition) is 7. The molecule has 5 rings (SSSR count). The Kier molecular flexibility index (Phi) is 8.03. The van der Waals surface area contributed by atoms with Crippen LogP contribution in [0.1, 0.15) is 35.2 Å². The SMILES string of the molecule is [C-]#[N+]C[C@H]1CN(c2nc(OC[C@@H]3CCCN3C)nc3c2CCN(c2cccc(C)c2C)C3)CCN1C(=O)C=C. The third-order valence-corrected chi connectivity index (χ3v) is 8.56. The molecule has 0 unspecified atom stereocenters. The van der Waals surface area contributed by atoms with E-state index in [1.54, 1.807) is 4.90 Å². The lowest BCUT2D eigenvalue weighted by Crippen LogP contribution is -2.56. The van der Waals surface area contributed by atoms with Gasteiger partial charge in [-0.05, 0) is 70.0 Å². The second-order valence-electron chi connectivity index (χ2n) is 10.9. The summed E-state index contributed by atoms with van der Waals surface area (Å²) >= 11 is 0. The van der Waals surface area contributed by atoms with Gasteiger partial charge < -0.3 is 29.2 Å². The number of hydrogen-bond donors (Lipinski definition) is 0. The number of carbonyl (C=O) groups excluding carboxylic acids is 1. The summed E-state index contributed by atoms with van der Waals surface area (Å²) in [7, 11) is 2.14. The Labute approximate surface area is 231 Å². The van der Waals surface area contributed by atoms with Gasteiger partial charge in [0.2, 0.25) is 12.5 Å². The Morgan fingerprint density at radius 2 is 2.03 bits per heavy atom. The lowest BCUT2D eigenvalue weighted by Gasteiger charge is -2.41. The van der Waals surface area contributed by atoms with E-state index in [1.165, 1.54) is 29.3 Å². The molecule has 2 atom stereocenters. The molecule has 206 valence electrons. The van der Waals surface area contributed by atoms with Crippen LogP contribution in [0.25, 0.3) is 4.85 Å². The zero-order valence-electron chi connectivity index (χ0n) is 23.4. The van der Waals surface area contributed by atoms with Gasteiger partial charge in [-0.25, -0.2) is 6.57 Å². The van der Waals surface area contributed by atoms with Crippen LogP contribution in [0.2, 0.25) is 0 Å². The number of aryl methyl sites for hydroxylation is 1. The van der Waals surface area contributed by atoms with Crippen LogP contribution < -0.4 is 14.5 Å². The summed E-state index contributed by atoms with van der Waals surface area (Å²) in [4.78, 5) is 34.7. The van der Waals surface area contributed by atoms with Gasteiger partial charge in [0.1, 0.15) is 18.5 Å². The molecule has 3 aliphatic heterocycles. The number of anilines is 2. The minimum Gasteiger partial charge on any atom is -0.462 e. The third-order valence-electron chi connectivity index (χ3n) is 8.56. The Morgan fingerprint density at radius 1 is 1.18 bits per heavy atom. The number of likely N-dealkylation sites (N-methyl/N-ethyl adjacent to an activating group) is 1. The summed E-state index contributed by atoms with van der Waals surface area (Å²) in [5.74, 6) is 0.762. The van der Waals surface area contributed by atoms with Crippen molar-refractivity contribution in [3.05, 3.63) is 64.7 Å². The van der Waals surface area contributed by atoms with Crippen molar-refractivity contribution in [1.29, 1.82) is 0 Å². The Bertz CT molecular complexity index is 1270. The van der Waals surface area contributed by atoms with Gasteiger partial charge in [0.05, 0.1) is 12.2 Å². The molecule has 3 aliphatic rings. The van der Waals surface area contributed by atoms with Crippen LogP contribution in [0.5, 0.6) is 6.01 Å². The molecular formula is C30H39N7O2. The van der Waals surface area contributed by atoms with E-state index in [1.807, 2.05) is 0 Å². The molecule has 0 bridgehead atoms. The number of likely N-dealkylation sites (tertiary alicyclic amines) is 1. The fourth-order valence-electron chi connectivity index (χ4n) is 6.08. The minimum absolute atomic E-state index is 0.123. The number of piperazine rings is 1. The second kappa shape index (κ2) is 11.6. The lowest BCUT2D eigenvalue weighted by atomic mass is 10.0. The zero-order valence-corrected chi connectivity index (χ0v) is 23.4. The number of aromatic nitrogens is 2. The van der Waals surface area contributed by atoms with E-state index in [0.29, 0.717) is 44.8 Å². The molecule has 0 N–H and O–H groups in total. The molecule has 4 heterocycles. The highest BCUT2D eigenvalue weighted by Crippen LogP contribution is 2.33. The van der Waals surface area contributed by atoms with Gasteiger partial charge in [-0.1, -0.05) is 18.7 Å². The standard InChI is InChI=1S/C30H39N7O2/c1-6-28(38)37-16-15-36(18-24(37)17-31-4)29-25-12-14-35(27-11-7-9-21(2)22(27)3)19-26(25)32-30(33-29)39-20-23-10-8-13-34(23)5/h6-7,9,11,23-24H,1,8,10,12-20H2,2-3,5H3/t23-,24-/m0/s1. The smallest absolute Gasteiger partial charge is 0.318 e. The van der Waals surface area contributed by atoms with E-state index in [-0.39, 0.29) is 18.5 Å². The maximum atomic E-state index is 12.5. The molecule has 1 aromatic carbocycles. The number of benzene rings is 1. The predicted octanol–water partition coefficient (Wildman–Crippen LogP) is 3.25. The van der Waals surface area contributed by atoms with Gasteiger partial charge in [-0.2, -0.15) is 9.97 Å². The number of nitrogens with zero attached hydrogens (tertiary/aromatic N) is 7. The van der Waals surface area contributed by atoms with E-state index in [0.717, 1.165) is 43.0 Å². The van der Waals surface area contributed by atoms with Crippen LogP contribution in [0.3, 0.4) is 0 Å². The van der Waals surface area contributed by atoms with E-state index >= 15 is 0 Å². The fraction of sp³-hybridized carbons (Fsp3) is 0.533. The lowest BCUT2D eigenvalue weighted by molar-refractivity contribution is -0.128. The monoisotopic (exact) mass is 529 g/mol. The van der Waals surface area contributed by atoms with Crippen molar-refractivity contribution < 1.29 is 9.53 Å². The molecule has 0 aliphatic carbocycles. The molecule has 0 spiro atoms. The van der Waals surface area contributed by atoms with E-state index < -0.39 is 0 Å². The van der Waals surface area contributed by atoms with Crippen molar-refractivity contribution in [3.63, 3.8) is 0 Å². The topological polar surface area (TPSA) is 69.4 Å². The maximum Gasteiger partial charge on any atom is 0.318 e. The van der Waals surface area contributed by atoms with Crippen LogP contribution in [-0.2, 0) is 17.8 Å². The number of ether oxygens (including phenoxy) is 1. The van der Waals surface area contributed by atoms with E-state index in [2.05, 4.69) is 65.2 Å². The zero-order chi connectivity index (χ0) is 27.5. The molecule has 9 heteroatoms. The molecule has 0 radical (unpaired) electrons. The molecule has 0 saturated carbocycles. The van der Waals surface area contributed by atoms with Gasteiger partial charge in [0.15, 0.2) is 0 Å². The molecule has 2 fully saturated rings. The Balaban J connectivity index is 1.46. The summed E-state index contributed by atoms with van der Waals surface area (Å²) in [5.41, 5.74) is 5.95. The molecule has 39 heavy (non-hydrogen) atoms. The summed E-state index contributed by atoms with van der Waals surface area (Å²) in [6, 6.07) is 7.03. The molecule has 1 aromatic heterocycles. The Morgan fingerprint density at radius 3 is 2.77 bits per heavy atom. The summed E-state index contributed by atoms with van der Waals surface area (Å²) in [6.07, 6.45) is 4.46.